The molecule has 4 rings (SSSR count). The van der Waals surface area contributed by atoms with Crippen molar-refractivity contribution in [1.82, 2.24) is 14.4 Å². The lowest BCUT2D eigenvalue weighted by Gasteiger charge is -2.50. The van der Waals surface area contributed by atoms with Gasteiger partial charge in [-0.15, -0.1) is 0 Å². The maximum absolute atomic E-state index is 13.6. The topological polar surface area (TPSA) is 61.5 Å². The van der Waals surface area contributed by atoms with Gasteiger partial charge in [0, 0.05) is 31.7 Å². The predicted octanol–water partition coefficient (Wildman–Crippen LogP) is 4.90. The van der Waals surface area contributed by atoms with E-state index in [9.17, 15) is 23.2 Å². The lowest BCUT2D eigenvalue weighted by molar-refractivity contribution is -0.144. The van der Waals surface area contributed by atoms with E-state index in [4.69, 9.17) is 16.3 Å². The summed E-state index contributed by atoms with van der Waals surface area (Å²) in [7, 11) is 1.87. The van der Waals surface area contributed by atoms with E-state index in [1.807, 2.05) is 31.9 Å². The summed E-state index contributed by atoms with van der Waals surface area (Å²) in [6, 6.07) is 7.83. The third-order valence-corrected chi connectivity index (χ3v) is 7.05. The molecular weight excluding hydrogens is 469 g/mol. The third kappa shape index (κ3) is 4.14. The number of rotatable bonds is 3. The number of likely N-dealkylation sites (N-methyl/N-ethyl adjacent to an activating group) is 1. The Balaban J connectivity index is 1.59. The Morgan fingerprint density at radius 3 is 2.41 bits per heavy atom. The number of amides is 1. The number of halogens is 4. The molecule has 0 saturated carbocycles. The molecule has 2 aliphatic rings. The Kier molecular flexibility index (Phi) is 6.34. The molecule has 34 heavy (non-hydrogen) atoms. The van der Waals surface area contributed by atoms with Crippen molar-refractivity contribution in [3.63, 3.8) is 0 Å². The van der Waals surface area contributed by atoms with Crippen molar-refractivity contribution in [2.24, 2.45) is 0 Å². The minimum atomic E-state index is -4.54. The van der Waals surface area contributed by atoms with Gasteiger partial charge >= 0.3 is 6.18 Å². The number of alkyl halides is 3. The van der Waals surface area contributed by atoms with E-state index < -0.39 is 17.4 Å². The van der Waals surface area contributed by atoms with E-state index in [-0.39, 0.29) is 24.1 Å². The Hall–Kier alpha value is -2.70. The van der Waals surface area contributed by atoms with Crippen LogP contribution in [0.5, 0.6) is 5.75 Å². The molecule has 1 saturated heterocycles. The highest BCUT2D eigenvalue weighted by Crippen LogP contribution is 2.46. The molecule has 182 valence electrons. The highest BCUT2D eigenvalue weighted by molar-refractivity contribution is 6.32. The molecule has 0 radical (unpaired) electrons. The number of nitriles is 1. The van der Waals surface area contributed by atoms with Crippen LogP contribution in [0.2, 0.25) is 5.02 Å². The molecule has 0 atom stereocenters. The fourth-order valence-corrected chi connectivity index (χ4v) is 5.34. The van der Waals surface area contributed by atoms with Gasteiger partial charge in [0.1, 0.15) is 17.5 Å². The zero-order valence-corrected chi connectivity index (χ0v) is 20.0. The molecule has 1 aromatic carbocycles. The summed E-state index contributed by atoms with van der Waals surface area (Å²) < 4.78 is 47.8. The van der Waals surface area contributed by atoms with Crippen LogP contribution < -0.4 is 4.74 Å². The first-order valence-corrected chi connectivity index (χ1v) is 11.5. The number of ether oxygens (including phenoxy) is 1. The summed E-state index contributed by atoms with van der Waals surface area (Å²) in [6.07, 6.45) is -3.75. The normalized spacial score (nSPS) is 18.1. The monoisotopic (exact) mass is 494 g/mol. The van der Waals surface area contributed by atoms with E-state index in [0.29, 0.717) is 54.5 Å². The maximum atomic E-state index is 13.6. The van der Waals surface area contributed by atoms with Crippen molar-refractivity contribution in [3.8, 4) is 11.8 Å². The van der Waals surface area contributed by atoms with E-state index in [1.165, 1.54) is 4.57 Å². The highest BCUT2D eigenvalue weighted by atomic mass is 35.5. The van der Waals surface area contributed by atoms with Crippen molar-refractivity contribution in [3.05, 3.63) is 51.8 Å². The average Bonchev–Trinajstić information content (AvgIpc) is 3.18. The first-order valence-electron chi connectivity index (χ1n) is 11.2. The molecule has 1 fully saturated rings. The van der Waals surface area contributed by atoms with E-state index in [0.717, 1.165) is 6.07 Å². The molecule has 10 heteroatoms. The smallest absolute Gasteiger partial charge is 0.431 e. The summed E-state index contributed by atoms with van der Waals surface area (Å²) in [5, 5.41) is 9.97. The van der Waals surface area contributed by atoms with Crippen LogP contribution in [-0.4, -0.2) is 53.1 Å². The minimum Gasteiger partial charge on any atom is -0.489 e. The van der Waals surface area contributed by atoms with Crippen LogP contribution in [0.1, 0.15) is 54.0 Å². The molecule has 0 unspecified atom stereocenters. The molecule has 6 nitrogen and oxygen atoms in total. The van der Waals surface area contributed by atoms with Gasteiger partial charge in [0.05, 0.1) is 27.9 Å². The molecule has 1 amide bonds. The second kappa shape index (κ2) is 8.82. The zero-order valence-electron chi connectivity index (χ0n) is 19.2. The number of likely N-dealkylation sites (tertiary alicyclic amines) is 1. The van der Waals surface area contributed by atoms with Gasteiger partial charge in [-0.25, -0.2) is 0 Å². The molecular formula is C24H26ClF3N4O2. The van der Waals surface area contributed by atoms with Crippen LogP contribution in [0.3, 0.4) is 0 Å². The molecule has 1 aromatic heterocycles. The number of aromatic nitrogens is 1. The first-order chi connectivity index (χ1) is 16.0. The number of piperidine rings is 1. The van der Waals surface area contributed by atoms with Crippen LogP contribution in [0.25, 0.3) is 0 Å². The highest BCUT2D eigenvalue weighted by Gasteiger charge is 2.49. The number of fused-ring (bicyclic) bond motifs is 2. The van der Waals surface area contributed by atoms with E-state index in [1.54, 1.807) is 23.1 Å². The van der Waals surface area contributed by atoms with Gasteiger partial charge in [-0.2, -0.15) is 18.4 Å². The Morgan fingerprint density at radius 2 is 1.85 bits per heavy atom. The maximum Gasteiger partial charge on any atom is 0.431 e. The average molecular weight is 495 g/mol. The fourth-order valence-electron chi connectivity index (χ4n) is 5.11. The van der Waals surface area contributed by atoms with Gasteiger partial charge in [0.25, 0.3) is 5.91 Å². The number of hydrogen-bond acceptors (Lipinski definition) is 4. The predicted molar refractivity (Wildman–Crippen MR) is 121 cm³/mol. The van der Waals surface area contributed by atoms with E-state index >= 15 is 0 Å². The summed E-state index contributed by atoms with van der Waals surface area (Å²) in [5.41, 5.74) is -0.651. The van der Waals surface area contributed by atoms with Gasteiger partial charge in [0.15, 0.2) is 0 Å². The van der Waals surface area contributed by atoms with Crippen LogP contribution in [0, 0.1) is 11.3 Å². The summed E-state index contributed by atoms with van der Waals surface area (Å²) in [6.45, 7) is 5.05. The van der Waals surface area contributed by atoms with E-state index in [2.05, 4.69) is 0 Å². The molecule has 0 N–H and O–H groups in total. The first kappa shape index (κ1) is 24.4. The van der Waals surface area contributed by atoms with Crippen LogP contribution in [-0.2, 0) is 18.3 Å². The minimum absolute atomic E-state index is 0.0474. The molecule has 2 aromatic rings. The van der Waals surface area contributed by atoms with Gasteiger partial charge in [-0.3, -0.25) is 9.69 Å². The zero-order chi connectivity index (χ0) is 24.8. The second-order valence-corrected chi connectivity index (χ2v) is 9.52. The summed E-state index contributed by atoms with van der Waals surface area (Å²) >= 11 is 6.29. The quantitative estimate of drug-likeness (QED) is 0.609. The Labute approximate surface area is 201 Å². The van der Waals surface area contributed by atoms with Gasteiger partial charge in [-0.1, -0.05) is 11.6 Å². The number of hydrogen-bond donors (Lipinski definition) is 0. The number of nitrogens with zero attached hydrogens (tertiary/aromatic N) is 4. The number of carbonyl (C=O) groups excluding carboxylic acids is 1. The fraction of sp³-hybridized carbons (Fsp3) is 0.500. The van der Waals surface area contributed by atoms with Gasteiger partial charge in [-0.05, 0) is 58.0 Å². The summed E-state index contributed by atoms with van der Waals surface area (Å²) in [4.78, 5) is 16.9. The molecule has 3 heterocycles. The molecule has 0 aliphatic carbocycles. The molecule has 1 spiro atoms. The van der Waals surface area contributed by atoms with Crippen LogP contribution >= 0.6 is 11.6 Å². The van der Waals surface area contributed by atoms with Crippen molar-refractivity contribution in [1.29, 1.82) is 5.26 Å². The van der Waals surface area contributed by atoms with Crippen LogP contribution in [0.15, 0.2) is 24.3 Å². The van der Waals surface area contributed by atoms with Gasteiger partial charge < -0.3 is 14.2 Å². The summed E-state index contributed by atoms with van der Waals surface area (Å²) in [5.74, 6) is 0.304. The standard InChI is InChI=1S/C24H26ClF3N4O2/c1-15(2)34-19-5-4-16(12-18(19)25)22(33)31-8-6-23(7-9-31)21-17(14-29)13-20(24(26,27)28)32(21)11-10-30(23)3/h4-5,12-13,15H,6-11H2,1-3H3. The Bertz CT molecular complexity index is 1140. The molecule has 0 bridgehead atoms. The lowest BCUT2D eigenvalue weighted by atomic mass is 9.80. The van der Waals surface area contributed by atoms with Gasteiger partial charge in [0.2, 0.25) is 0 Å². The van der Waals surface area contributed by atoms with Crippen LogP contribution in [0.4, 0.5) is 13.2 Å². The van der Waals surface area contributed by atoms with Crippen molar-refractivity contribution < 1.29 is 22.7 Å². The second-order valence-electron chi connectivity index (χ2n) is 9.11. The molecule has 2 aliphatic heterocycles. The van der Waals surface area contributed by atoms with Crippen molar-refractivity contribution >= 4 is 17.5 Å². The Morgan fingerprint density at radius 1 is 1.18 bits per heavy atom. The lowest BCUT2D eigenvalue weighted by Crippen LogP contribution is -2.57. The van der Waals surface area contributed by atoms with Crippen molar-refractivity contribution in [2.45, 2.75) is 51.1 Å². The number of benzene rings is 1. The SMILES string of the molecule is CC(C)Oc1ccc(C(=O)N2CCC3(CC2)c2c(C#N)cc(C(F)(F)F)n2CCN3C)cc1Cl. The van der Waals surface area contributed by atoms with Crippen molar-refractivity contribution in [2.75, 3.05) is 26.7 Å². The number of carbonyl (C=O) groups is 1. The largest absolute Gasteiger partial charge is 0.489 e. The third-order valence-electron chi connectivity index (χ3n) is 6.76.